The standard InChI is InChI=1S/C24H25N/c1-25-24-17-21-9-5-6-10-22(21)23(24)16-20-13-11-19(12-14-20)15-18-7-3-2-4-8-18/h2-14,23-25H,15-17H2,1H3/t23-,24-/m1/s1. The number of hydrogen-bond donors (Lipinski definition) is 1. The van der Waals surface area contributed by atoms with Crippen molar-refractivity contribution < 1.29 is 0 Å². The molecule has 25 heavy (non-hydrogen) atoms. The zero-order valence-corrected chi connectivity index (χ0v) is 14.8. The summed E-state index contributed by atoms with van der Waals surface area (Å²) in [6.07, 6.45) is 3.25. The molecule has 0 spiro atoms. The lowest BCUT2D eigenvalue weighted by Gasteiger charge is -2.20. The van der Waals surface area contributed by atoms with Crippen molar-refractivity contribution in [2.75, 3.05) is 7.05 Å². The molecular weight excluding hydrogens is 302 g/mol. The Kier molecular flexibility index (Phi) is 4.67. The van der Waals surface area contributed by atoms with Gasteiger partial charge in [-0.1, -0.05) is 78.9 Å². The summed E-state index contributed by atoms with van der Waals surface area (Å²) in [6, 6.07) is 29.3. The highest BCUT2D eigenvalue weighted by Gasteiger charge is 2.30. The van der Waals surface area contributed by atoms with E-state index in [9.17, 15) is 0 Å². The van der Waals surface area contributed by atoms with E-state index >= 15 is 0 Å². The highest BCUT2D eigenvalue weighted by atomic mass is 14.9. The number of benzene rings is 3. The molecule has 0 unspecified atom stereocenters. The van der Waals surface area contributed by atoms with Gasteiger partial charge >= 0.3 is 0 Å². The van der Waals surface area contributed by atoms with Gasteiger partial charge in [0.15, 0.2) is 0 Å². The maximum atomic E-state index is 3.53. The summed E-state index contributed by atoms with van der Waals surface area (Å²) in [7, 11) is 2.09. The minimum absolute atomic E-state index is 0.543. The normalized spacial score (nSPS) is 18.9. The van der Waals surface area contributed by atoms with Crippen LogP contribution in [0.15, 0.2) is 78.9 Å². The first kappa shape index (κ1) is 16.1. The van der Waals surface area contributed by atoms with Crippen LogP contribution in [0, 0.1) is 0 Å². The van der Waals surface area contributed by atoms with E-state index < -0.39 is 0 Å². The molecule has 2 atom stereocenters. The van der Waals surface area contributed by atoms with Crippen LogP contribution in [0.4, 0.5) is 0 Å². The smallest absolute Gasteiger partial charge is 0.0177 e. The Balaban J connectivity index is 1.49. The number of rotatable bonds is 5. The minimum atomic E-state index is 0.543. The summed E-state index contributed by atoms with van der Waals surface area (Å²) in [5.74, 6) is 0.571. The SMILES string of the molecule is CN[C@@H]1Cc2ccccc2[C@H]1Cc1ccc(Cc2ccccc2)cc1. The fraction of sp³-hybridized carbons (Fsp3) is 0.250. The van der Waals surface area contributed by atoms with E-state index in [0.717, 1.165) is 19.3 Å². The fourth-order valence-electron chi connectivity index (χ4n) is 4.11. The van der Waals surface area contributed by atoms with Crippen LogP contribution < -0.4 is 5.32 Å². The Hall–Kier alpha value is -2.38. The van der Waals surface area contributed by atoms with Gasteiger partial charge in [0.05, 0.1) is 0 Å². The first-order valence-corrected chi connectivity index (χ1v) is 9.20. The lowest BCUT2D eigenvalue weighted by atomic mass is 9.90. The van der Waals surface area contributed by atoms with Crippen LogP contribution >= 0.6 is 0 Å². The Morgan fingerprint density at radius 3 is 2.16 bits per heavy atom. The zero-order valence-electron chi connectivity index (χ0n) is 14.8. The van der Waals surface area contributed by atoms with Crippen LogP contribution in [0.3, 0.4) is 0 Å². The molecule has 1 nitrogen and oxygen atoms in total. The molecule has 1 heteroatoms. The largest absolute Gasteiger partial charge is 0.316 e. The number of nitrogens with one attached hydrogen (secondary N) is 1. The van der Waals surface area contributed by atoms with Crippen molar-refractivity contribution in [3.05, 3.63) is 107 Å². The molecule has 4 rings (SSSR count). The maximum Gasteiger partial charge on any atom is 0.0177 e. The molecular formula is C24H25N. The summed E-state index contributed by atoms with van der Waals surface area (Å²) >= 11 is 0. The van der Waals surface area contributed by atoms with Crippen LogP contribution in [0.2, 0.25) is 0 Å². The molecule has 1 aliphatic carbocycles. The van der Waals surface area contributed by atoms with Gasteiger partial charge in [-0.3, -0.25) is 0 Å². The van der Waals surface area contributed by atoms with E-state index in [0.29, 0.717) is 12.0 Å². The second-order valence-corrected chi connectivity index (χ2v) is 7.09. The van der Waals surface area contributed by atoms with E-state index in [2.05, 4.69) is 91.2 Å². The average Bonchev–Trinajstić information content (AvgIpc) is 3.02. The van der Waals surface area contributed by atoms with Crippen molar-refractivity contribution in [1.82, 2.24) is 5.32 Å². The van der Waals surface area contributed by atoms with E-state index in [1.807, 2.05) is 0 Å². The molecule has 0 saturated carbocycles. The number of fused-ring (bicyclic) bond motifs is 1. The number of hydrogen-bond acceptors (Lipinski definition) is 1. The summed E-state index contributed by atoms with van der Waals surface area (Å²) in [6.45, 7) is 0. The first-order chi connectivity index (χ1) is 12.3. The molecule has 3 aromatic rings. The molecule has 0 aliphatic heterocycles. The van der Waals surface area contributed by atoms with E-state index in [1.54, 1.807) is 0 Å². The highest BCUT2D eigenvalue weighted by Crippen LogP contribution is 2.35. The Morgan fingerprint density at radius 2 is 1.40 bits per heavy atom. The second-order valence-electron chi connectivity index (χ2n) is 7.09. The third kappa shape index (κ3) is 3.52. The van der Waals surface area contributed by atoms with Gasteiger partial charge in [0.25, 0.3) is 0 Å². The van der Waals surface area contributed by atoms with Gasteiger partial charge in [0.1, 0.15) is 0 Å². The van der Waals surface area contributed by atoms with E-state index in [1.165, 1.54) is 27.8 Å². The van der Waals surface area contributed by atoms with Crippen molar-refractivity contribution in [3.63, 3.8) is 0 Å². The Labute approximate surface area is 150 Å². The van der Waals surface area contributed by atoms with Crippen molar-refractivity contribution in [1.29, 1.82) is 0 Å². The average molecular weight is 327 g/mol. The Morgan fingerprint density at radius 1 is 0.760 bits per heavy atom. The van der Waals surface area contributed by atoms with Crippen molar-refractivity contribution in [2.45, 2.75) is 31.2 Å². The van der Waals surface area contributed by atoms with Gasteiger partial charge in [-0.25, -0.2) is 0 Å². The Bertz CT molecular complexity index is 820. The summed E-state index contributed by atoms with van der Waals surface area (Å²) < 4.78 is 0. The van der Waals surface area contributed by atoms with Gasteiger partial charge in [-0.15, -0.1) is 0 Å². The third-order valence-corrected chi connectivity index (χ3v) is 5.48. The van der Waals surface area contributed by atoms with Gasteiger partial charge in [-0.05, 0) is 54.1 Å². The van der Waals surface area contributed by atoms with Crippen molar-refractivity contribution >= 4 is 0 Å². The second kappa shape index (κ2) is 7.25. The molecule has 0 heterocycles. The van der Waals surface area contributed by atoms with Crippen LogP contribution in [0.25, 0.3) is 0 Å². The van der Waals surface area contributed by atoms with Gasteiger partial charge in [0.2, 0.25) is 0 Å². The van der Waals surface area contributed by atoms with Gasteiger partial charge in [-0.2, -0.15) is 0 Å². The zero-order chi connectivity index (χ0) is 17.1. The topological polar surface area (TPSA) is 12.0 Å². The fourth-order valence-corrected chi connectivity index (χ4v) is 4.11. The highest BCUT2D eigenvalue weighted by molar-refractivity contribution is 5.39. The molecule has 3 aromatic carbocycles. The molecule has 0 amide bonds. The van der Waals surface area contributed by atoms with Crippen LogP contribution in [-0.4, -0.2) is 13.1 Å². The van der Waals surface area contributed by atoms with Crippen LogP contribution in [0.1, 0.15) is 33.7 Å². The van der Waals surface area contributed by atoms with Crippen molar-refractivity contribution in [2.24, 2.45) is 0 Å². The molecule has 1 N–H and O–H groups in total. The molecule has 0 saturated heterocycles. The molecule has 0 bridgehead atoms. The summed E-state index contributed by atoms with van der Waals surface area (Å²) in [5, 5.41) is 3.53. The van der Waals surface area contributed by atoms with Gasteiger partial charge in [0, 0.05) is 12.0 Å². The minimum Gasteiger partial charge on any atom is -0.316 e. The molecule has 126 valence electrons. The van der Waals surface area contributed by atoms with Crippen LogP contribution in [-0.2, 0) is 19.3 Å². The monoisotopic (exact) mass is 327 g/mol. The predicted molar refractivity (Wildman–Crippen MR) is 105 cm³/mol. The molecule has 0 aromatic heterocycles. The van der Waals surface area contributed by atoms with Gasteiger partial charge < -0.3 is 5.32 Å². The summed E-state index contributed by atoms with van der Waals surface area (Å²) in [4.78, 5) is 0. The molecule has 1 aliphatic rings. The lowest BCUT2D eigenvalue weighted by molar-refractivity contribution is 0.492. The number of likely N-dealkylation sites (N-methyl/N-ethyl adjacent to an activating group) is 1. The van der Waals surface area contributed by atoms with E-state index in [-0.39, 0.29) is 0 Å². The lowest BCUT2D eigenvalue weighted by Crippen LogP contribution is -2.30. The summed E-state index contributed by atoms with van der Waals surface area (Å²) in [5.41, 5.74) is 7.21. The van der Waals surface area contributed by atoms with Crippen molar-refractivity contribution in [3.8, 4) is 0 Å². The third-order valence-electron chi connectivity index (χ3n) is 5.48. The predicted octanol–water partition coefficient (Wildman–Crippen LogP) is 4.75. The van der Waals surface area contributed by atoms with Crippen LogP contribution in [0.5, 0.6) is 0 Å². The first-order valence-electron chi connectivity index (χ1n) is 9.20. The van der Waals surface area contributed by atoms with E-state index in [4.69, 9.17) is 0 Å². The quantitative estimate of drug-likeness (QED) is 0.713. The molecule has 0 radical (unpaired) electrons. The maximum absolute atomic E-state index is 3.53. The molecule has 0 fully saturated rings.